The molecule has 0 bridgehead atoms. The zero-order chi connectivity index (χ0) is 14.8. The first-order valence-electron chi connectivity index (χ1n) is 6.56. The van der Waals surface area contributed by atoms with Crippen LogP contribution in [0.25, 0.3) is 0 Å². The molecule has 2 rings (SSSR count). The van der Waals surface area contributed by atoms with Crippen LogP contribution in [0.5, 0.6) is 5.75 Å². The minimum absolute atomic E-state index is 0.0260. The first kappa shape index (κ1) is 14.3. The molecule has 0 aliphatic heterocycles. The van der Waals surface area contributed by atoms with Crippen LogP contribution in [0.3, 0.4) is 0 Å². The van der Waals surface area contributed by atoms with Gasteiger partial charge in [-0.1, -0.05) is 45.0 Å². The topological polar surface area (TPSA) is 39.2 Å². The van der Waals surface area contributed by atoms with Crippen molar-refractivity contribution in [3.05, 3.63) is 59.4 Å². The maximum atomic E-state index is 12.7. The van der Waals surface area contributed by atoms with Crippen molar-refractivity contribution in [3.63, 3.8) is 0 Å². The highest BCUT2D eigenvalue weighted by atomic mass is 16.5. The van der Waals surface area contributed by atoms with E-state index in [1.54, 1.807) is 25.6 Å². The van der Waals surface area contributed by atoms with Gasteiger partial charge in [0.1, 0.15) is 5.75 Å². The lowest BCUT2D eigenvalue weighted by Crippen LogP contribution is -2.17. The van der Waals surface area contributed by atoms with E-state index in [0.717, 1.165) is 11.1 Å². The Morgan fingerprint density at radius 1 is 1.15 bits per heavy atom. The number of methoxy groups -OCH3 is 1. The molecule has 1 aromatic carbocycles. The summed E-state index contributed by atoms with van der Waals surface area (Å²) in [6.45, 7) is 6.30. The molecule has 0 aliphatic rings. The van der Waals surface area contributed by atoms with Gasteiger partial charge in [0.15, 0.2) is 5.78 Å². The summed E-state index contributed by atoms with van der Waals surface area (Å²) in [7, 11) is 1.56. The van der Waals surface area contributed by atoms with Crippen molar-refractivity contribution in [3.8, 4) is 5.75 Å². The van der Waals surface area contributed by atoms with E-state index in [1.165, 1.54) is 0 Å². The van der Waals surface area contributed by atoms with Crippen molar-refractivity contribution in [2.45, 2.75) is 26.2 Å². The predicted octanol–water partition coefficient (Wildman–Crippen LogP) is 3.62. The summed E-state index contributed by atoms with van der Waals surface area (Å²) in [5, 5.41) is 0. The van der Waals surface area contributed by atoms with Gasteiger partial charge in [-0.2, -0.15) is 0 Å². The van der Waals surface area contributed by atoms with Gasteiger partial charge in [-0.05, 0) is 17.0 Å². The van der Waals surface area contributed by atoms with Crippen LogP contribution in [0.4, 0.5) is 0 Å². The van der Waals surface area contributed by atoms with Gasteiger partial charge in [-0.25, -0.2) is 0 Å². The van der Waals surface area contributed by atoms with Crippen LogP contribution in [-0.4, -0.2) is 17.9 Å². The summed E-state index contributed by atoms with van der Waals surface area (Å²) in [5.41, 5.74) is 2.21. The molecule has 0 fully saturated rings. The molecular formula is C17H19NO2. The fourth-order valence-electron chi connectivity index (χ4n) is 2.15. The number of nitrogens with zero attached hydrogens (tertiary/aromatic N) is 1. The number of carbonyl (C=O) groups excluding carboxylic acids is 1. The molecule has 0 radical (unpaired) electrons. The molecule has 1 heterocycles. The molecule has 20 heavy (non-hydrogen) atoms. The lowest BCUT2D eigenvalue weighted by molar-refractivity contribution is 0.103. The quantitative estimate of drug-likeness (QED) is 0.799. The summed E-state index contributed by atoms with van der Waals surface area (Å²) < 4.78 is 5.12. The number of hydrogen-bond acceptors (Lipinski definition) is 3. The Hall–Kier alpha value is -2.16. The van der Waals surface area contributed by atoms with E-state index in [1.807, 2.05) is 24.3 Å². The second-order valence-electron chi connectivity index (χ2n) is 5.74. The molecule has 0 saturated heterocycles. The molecule has 3 nitrogen and oxygen atoms in total. The van der Waals surface area contributed by atoms with Crippen LogP contribution in [0.2, 0.25) is 0 Å². The van der Waals surface area contributed by atoms with E-state index in [-0.39, 0.29) is 11.2 Å². The zero-order valence-corrected chi connectivity index (χ0v) is 12.3. The summed E-state index contributed by atoms with van der Waals surface area (Å²) in [6, 6.07) is 9.43. The third-order valence-electron chi connectivity index (χ3n) is 3.19. The Morgan fingerprint density at radius 3 is 2.50 bits per heavy atom. The normalized spacial score (nSPS) is 11.2. The molecule has 0 saturated carbocycles. The first-order chi connectivity index (χ1) is 9.43. The lowest BCUT2D eigenvalue weighted by atomic mass is 9.82. The van der Waals surface area contributed by atoms with Crippen LogP contribution in [0.15, 0.2) is 42.7 Å². The third kappa shape index (κ3) is 2.87. The molecule has 3 heteroatoms. The van der Waals surface area contributed by atoms with Crippen molar-refractivity contribution in [1.82, 2.24) is 4.98 Å². The Bertz CT molecular complexity index is 627. The predicted molar refractivity (Wildman–Crippen MR) is 79.4 cm³/mol. The first-order valence-corrected chi connectivity index (χ1v) is 6.56. The molecule has 1 aromatic heterocycles. The number of ether oxygens (including phenoxy) is 1. The number of ketones is 1. The highest BCUT2D eigenvalue weighted by molar-refractivity contribution is 6.10. The van der Waals surface area contributed by atoms with Crippen LogP contribution in [0.1, 0.15) is 42.3 Å². The van der Waals surface area contributed by atoms with Crippen molar-refractivity contribution in [2.75, 3.05) is 7.11 Å². The van der Waals surface area contributed by atoms with Crippen LogP contribution in [-0.2, 0) is 5.41 Å². The van der Waals surface area contributed by atoms with Crippen LogP contribution < -0.4 is 4.74 Å². The Labute approximate surface area is 119 Å². The fraction of sp³-hybridized carbons (Fsp3) is 0.294. The van der Waals surface area contributed by atoms with Gasteiger partial charge in [0.2, 0.25) is 0 Å². The minimum Gasteiger partial charge on any atom is -0.495 e. The van der Waals surface area contributed by atoms with Gasteiger partial charge in [0.05, 0.1) is 13.3 Å². The number of carbonyl (C=O) groups is 1. The zero-order valence-electron chi connectivity index (χ0n) is 12.3. The highest BCUT2D eigenvalue weighted by Gasteiger charge is 2.22. The van der Waals surface area contributed by atoms with Gasteiger partial charge in [0.25, 0.3) is 0 Å². The average molecular weight is 269 g/mol. The van der Waals surface area contributed by atoms with E-state index in [0.29, 0.717) is 11.3 Å². The summed E-state index contributed by atoms with van der Waals surface area (Å²) in [5.74, 6) is 0.561. The maximum Gasteiger partial charge on any atom is 0.195 e. The van der Waals surface area contributed by atoms with Gasteiger partial charge < -0.3 is 4.74 Å². The van der Waals surface area contributed by atoms with E-state index >= 15 is 0 Å². The molecule has 0 spiro atoms. The number of hydrogen-bond donors (Lipinski definition) is 0. The van der Waals surface area contributed by atoms with Gasteiger partial charge >= 0.3 is 0 Å². The molecular weight excluding hydrogens is 250 g/mol. The monoisotopic (exact) mass is 269 g/mol. The Morgan fingerprint density at radius 2 is 1.85 bits per heavy atom. The van der Waals surface area contributed by atoms with Gasteiger partial charge in [-0.15, -0.1) is 0 Å². The van der Waals surface area contributed by atoms with E-state index in [2.05, 4.69) is 25.8 Å². The SMILES string of the molecule is COc1cncc(C(=O)c2ccccc2C(C)(C)C)c1. The largest absolute Gasteiger partial charge is 0.495 e. The maximum absolute atomic E-state index is 12.7. The Kier molecular flexibility index (Phi) is 3.89. The number of aromatic nitrogens is 1. The standard InChI is InChI=1S/C17H19NO2/c1-17(2,3)15-8-6-5-7-14(15)16(19)12-9-13(20-4)11-18-10-12/h5-11H,1-4H3. The van der Waals surface area contributed by atoms with E-state index < -0.39 is 0 Å². The third-order valence-corrected chi connectivity index (χ3v) is 3.19. The number of benzene rings is 1. The van der Waals surface area contributed by atoms with Crippen molar-refractivity contribution >= 4 is 5.78 Å². The van der Waals surface area contributed by atoms with Crippen LogP contribution in [0, 0.1) is 0 Å². The number of rotatable bonds is 3. The van der Waals surface area contributed by atoms with Crippen molar-refractivity contribution in [1.29, 1.82) is 0 Å². The Balaban J connectivity index is 2.48. The fourth-order valence-corrected chi connectivity index (χ4v) is 2.15. The lowest BCUT2D eigenvalue weighted by Gasteiger charge is -2.22. The molecule has 104 valence electrons. The van der Waals surface area contributed by atoms with Crippen molar-refractivity contribution in [2.24, 2.45) is 0 Å². The van der Waals surface area contributed by atoms with Crippen molar-refractivity contribution < 1.29 is 9.53 Å². The van der Waals surface area contributed by atoms with E-state index in [4.69, 9.17) is 4.74 Å². The number of pyridine rings is 1. The molecule has 2 aromatic rings. The average Bonchev–Trinajstić information content (AvgIpc) is 2.45. The molecule has 0 atom stereocenters. The summed E-state index contributed by atoms with van der Waals surface area (Å²) in [4.78, 5) is 16.7. The second-order valence-corrected chi connectivity index (χ2v) is 5.74. The van der Waals surface area contributed by atoms with Crippen LogP contribution >= 0.6 is 0 Å². The highest BCUT2D eigenvalue weighted by Crippen LogP contribution is 2.27. The summed E-state index contributed by atoms with van der Waals surface area (Å²) >= 11 is 0. The molecule has 0 aliphatic carbocycles. The molecule has 0 unspecified atom stereocenters. The smallest absolute Gasteiger partial charge is 0.195 e. The second kappa shape index (κ2) is 5.45. The summed E-state index contributed by atoms with van der Waals surface area (Å²) in [6.07, 6.45) is 3.16. The minimum atomic E-state index is -0.0848. The van der Waals surface area contributed by atoms with Gasteiger partial charge in [0, 0.05) is 17.3 Å². The van der Waals surface area contributed by atoms with E-state index in [9.17, 15) is 4.79 Å². The van der Waals surface area contributed by atoms with Gasteiger partial charge in [-0.3, -0.25) is 9.78 Å². The molecule has 0 N–H and O–H groups in total. The molecule has 0 amide bonds.